The molecule has 0 aliphatic heterocycles. The van der Waals surface area contributed by atoms with Crippen LogP contribution in [-0.2, 0) is 0 Å². The van der Waals surface area contributed by atoms with Crippen LogP contribution in [0.2, 0.25) is 0 Å². The standard InChI is InChI=1S/C6H2N2S3/c1-5(7-3-9-1)11-6-2-10-4-8-6/h1-2H. The van der Waals surface area contributed by atoms with E-state index in [1.54, 1.807) is 0 Å². The molecule has 2 heterocycles. The van der Waals surface area contributed by atoms with E-state index in [0.29, 0.717) is 0 Å². The van der Waals surface area contributed by atoms with Gasteiger partial charge in [-0.15, -0.1) is 22.7 Å². The first-order valence-corrected chi connectivity index (χ1v) is 5.34. The number of aromatic nitrogens is 2. The van der Waals surface area contributed by atoms with Crippen molar-refractivity contribution in [3.8, 4) is 0 Å². The van der Waals surface area contributed by atoms with E-state index < -0.39 is 0 Å². The van der Waals surface area contributed by atoms with Crippen LogP contribution in [0.3, 0.4) is 0 Å². The highest BCUT2D eigenvalue weighted by Gasteiger charge is 1.99. The number of nitrogens with zero attached hydrogens (tertiary/aromatic N) is 2. The summed E-state index contributed by atoms with van der Waals surface area (Å²) in [5, 5.41) is 5.80. The molecule has 0 spiro atoms. The van der Waals surface area contributed by atoms with Crippen molar-refractivity contribution in [1.82, 2.24) is 9.97 Å². The van der Waals surface area contributed by atoms with E-state index in [1.807, 2.05) is 10.8 Å². The predicted molar refractivity (Wildman–Crippen MR) is 46.0 cm³/mol. The van der Waals surface area contributed by atoms with Crippen LogP contribution in [-0.4, -0.2) is 9.97 Å². The van der Waals surface area contributed by atoms with Gasteiger partial charge in [0.2, 0.25) is 0 Å². The maximum absolute atomic E-state index is 4.00. The van der Waals surface area contributed by atoms with E-state index in [9.17, 15) is 0 Å². The molecular formula is C6H2N2S3. The van der Waals surface area contributed by atoms with E-state index in [-0.39, 0.29) is 0 Å². The van der Waals surface area contributed by atoms with Gasteiger partial charge in [-0.2, -0.15) is 0 Å². The van der Waals surface area contributed by atoms with Crippen LogP contribution in [0.4, 0.5) is 0 Å². The molecule has 0 aromatic carbocycles. The molecule has 0 aliphatic rings. The molecule has 0 aliphatic carbocycles. The lowest BCUT2D eigenvalue weighted by Crippen LogP contribution is -1.69. The molecule has 0 unspecified atom stereocenters. The van der Waals surface area contributed by atoms with Crippen molar-refractivity contribution in [3.05, 3.63) is 21.8 Å². The van der Waals surface area contributed by atoms with E-state index >= 15 is 0 Å². The SMILES string of the molecule is [c]1nc(Sc2cs[c]n2)cs1. The Bertz CT molecular complexity index is 268. The van der Waals surface area contributed by atoms with Crippen molar-refractivity contribution >= 4 is 34.4 Å². The van der Waals surface area contributed by atoms with Crippen molar-refractivity contribution in [2.45, 2.75) is 10.1 Å². The Balaban J connectivity index is 2.14. The largest absolute Gasteiger partial charge is 0.227 e. The van der Waals surface area contributed by atoms with Gasteiger partial charge < -0.3 is 0 Å². The monoisotopic (exact) mass is 198 g/mol. The van der Waals surface area contributed by atoms with Gasteiger partial charge in [0, 0.05) is 10.8 Å². The van der Waals surface area contributed by atoms with Crippen LogP contribution in [0, 0.1) is 11.0 Å². The first-order valence-electron chi connectivity index (χ1n) is 2.76. The lowest BCUT2D eigenvalue weighted by molar-refractivity contribution is 1.15. The van der Waals surface area contributed by atoms with Crippen LogP contribution in [0.25, 0.3) is 0 Å². The molecule has 11 heavy (non-hydrogen) atoms. The molecule has 0 bridgehead atoms. The second kappa shape index (κ2) is 3.34. The molecule has 0 N–H and O–H groups in total. The fourth-order valence-corrected chi connectivity index (χ4v) is 2.45. The van der Waals surface area contributed by atoms with Crippen LogP contribution >= 0.6 is 34.4 Å². The molecule has 2 radical (unpaired) electrons. The molecule has 2 nitrogen and oxygen atoms in total. The normalized spacial score (nSPS) is 10.2. The maximum atomic E-state index is 4.00. The number of rotatable bonds is 2. The van der Waals surface area contributed by atoms with E-state index in [2.05, 4.69) is 21.0 Å². The third kappa shape index (κ3) is 1.79. The van der Waals surface area contributed by atoms with Crippen molar-refractivity contribution in [2.75, 3.05) is 0 Å². The summed E-state index contributed by atoms with van der Waals surface area (Å²) in [6.45, 7) is 0. The Hall–Kier alpha value is -0.390. The molecule has 0 amide bonds. The minimum absolute atomic E-state index is 0.953. The van der Waals surface area contributed by atoms with Gasteiger partial charge in [-0.3, -0.25) is 0 Å². The third-order valence-corrected chi connectivity index (χ3v) is 3.16. The lowest BCUT2D eigenvalue weighted by Gasteiger charge is -1.87. The van der Waals surface area contributed by atoms with E-state index in [4.69, 9.17) is 0 Å². The summed E-state index contributed by atoms with van der Waals surface area (Å²) in [4.78, 5) is 8.00. The number of thiazole rings is 2. The zero-order valence-corrected chi connectivity index (χ0v) is 7.72. The summed E-state index contributed by atoms with van der Waals surface area (Å²) in [6.07, 6.45) is 0. The molecule has 54 valence electrons. The minimum Gasteiger partial charge on any atom is -0.227 e. The topological polar surface area (TPSA) is 25.8 Å². The summed E-state index contributed by atoms with van der Waals surface area (Å²) < 4.78 is 0. The zero-order chi connectivity index (χ0) is 7.52. The van der Waals surface area contributed by atoms with Gasteiger partial charge in [-0.25, -0.2) is 9.97 Å². The first kappa shape index (κ1) is 7.27. The van der Waals surface area contributed by atoms with Crippen molar-refractivity contribution in [2.24, 2.45) is 0 Å². The van der Waals surface area contributed by atoms with Crippen molar-refractivity contribution < 1.29 is 0 Å². The van der Waals surface area contributed by atoms with Gasteiger partial charge in [0.15, 0.2) is 11.0 Å². The smallest absolute Gasteiger partial charge is 0.153 e. The molecule has 0 atom stereocenters. The average molecular weight is 198 g/mol. The molecule has 5 heteroatoms. The van der Waals surface area contributed by atoms with Gasteiger partial charge in [0.1, 0.15) is 10.1 Å². The fraction of sp³-hybridized carbons (Fsp3) is 0. The number of hydrogen-bond acceptors (Lipinski definition) is 5. The Morgan fingerprint density at radius 3 is 2.00 bits per heavy atom. The Labute approximate surface area is 76.3 Å². The van der Waals surface area contributed by atoms with Crippen molar-refractivity contribution in [1.29, 1.82) is 0 Å². The van der Waals surface area contributed by atoms with Crippen molar-refractivity contribution in [3.63, 3.8) is 0 Å². The summed E-state index contributed by atoms with van der Waals surface area (Å²) in [6, 6.07) is 0. The molecule has 0 saturated carbocycles. The van der Waals surface area contributed by atoms with Gasteiger partial charge >= 0.3 is 0 Å². The van der Waals surface area contributed by atoms with E-state index in [0.717, 1.165) is 10.1 Å². The molecule has 2 aromatic rings. The lowest BCUT2D eigenvalue weighted by atomic mass is 11.0. The van der Waals surface area contributed by atoms with Gasteiger partial charge in [-0.1, -0.05) is 0 Å². The minimum atomic E-state index is 0.953. The van der Waals surface area contributed by atoms with Gasteiger partial charge in [-0.05, 0) is 11.8 Å². The van der Waals surface area contributed by atoms with E-state index in [1.165, 1.54) is 34.4 Å². The molecule has 0 saturated heterocycles. The zero-order valence-electron chi connectivity index (χ0n) is 5.27. The fourth-order valence-electron chi connectivity index (χ4n) is 0.550. The molecule has 0 fully saturated rings. The Morgan fingerprint density at radius 2 is 1.64 bits per heavy atom. The maximum Gasteiger partial charge on any atom is 0.153 e. The van der Waals surface area contributed by atoms with Crippen LogP contribution in [0.5, 0.6) is 0 Å². The highest BCUT2D eigenvalue weighted by Crippen LogP contribution is 2.25. The average Bonchev–Trinajstić information content (AvgIpc) is 2.60. The second-order valence-corrected chi connectivity index (χ2v) is 4.00. The van der Waals surface area contributed by atoms with Crippen LogP contribution < -0.4 is 0 Å². The Morgan fingerprint density at radius 1 is 1.09 bits per heavy atom. The quantitative estimate of drug-likeness (QED) is 0.740. The predicted octanol–water partition coefficient (Wildman–Crippen LogP) is 2.35. The van der Waals surface area contributed by atoms with Crippen LogP contribution in [0.1, 0.15) is 0 Å². The van der Waals surface area contributed by atoms with Crippen LogP contribution in [0.15, 0.2) is 20.8 Å². The third-order valence-electron chi connectivity index (χ3n) is 0.946. The molecule has 2 aromatic heterocycles. The second-order valence-electron chi connectivity index (χ2n) is 1.66. The Kier molecular flexibility index (Phi) is 2.21. The highest BCUT2D eigenvalue weighted by atomic mass is 32.2. The first-order chi connectivity index (χ1) is 5.45. The summed E-state index contributed by atoms with van der Waals surface area (Å²) in [5.74, 6) is 0. The van der Waals surface area contributed by atoms with Gasteiger partial charge in [0.25, 0.3) is 0 Å². The molecule has 2 rings (SSSR count). The summed E-state index contributed by atoms with van der Waals surface area (Å²) in [7, 11) is 0. The molecular weight excluding hydrogens is 196 g/mol. The highest BCUT2D eigenvalue weighted by molar-refractivity contribution is 7.99. The number of hydrogen-bond donors (Lipinski definition) is 0. The summed E-state index contributed by atoms with van der Waals surface area (Å²) in [5.41, 5.74) is 5.56. The van der Waals surface area contributed by atoms with Gasteiger partial charge in [0.05, 0.1) is 0 Å². The summed E-state index contributed by atoms with van der Waals surface area (Å²) >= 11 is 4.48.